The van der Waals surface area contributed by atoms with Gasteiger partial charge in [0.2, 0.25) is 0 Å². The fraction of sp³-hybridized carbons (Fsp3) is 0.400. The van der Waals surface area contributed by atoms with Gasteiger partial charge in [-0.15, -0.1) is 11.3 Å². The number of fused-ring (bicyclic) bond motifs is 1. The third kappa shape index (κ3) is 2.65. The Morgan fingerprint density at radius 3 is 2.79 bits per heavy atom. The smallest absolute Gasteiger partial charge is 0.338 e. The van der Waals surface area contributed by atoms with Crippen LogP contribution in [-0.2, 0) is 9.53 Å². The zero-order valence-corrected chi connectivity index (χ0v) is 12.2. The quantitative estimate of drug-likeness (QED) is 0.873. The van der Waals surface area contributed by atoms with E-state index in [9.17, 15) is 9.90 Å². The predicted molar refractivity (Wildman–Crippen MR) is 77.5 cm³/mol. The van der Waals surface area contributed by atoms with Gasteiger partial charge < -0.3 is 9.84 Å². The Morgan fingerprint density at radius 2 is 2.16 bits per heavy atom. The van der Waals surface area contributed by atoms with Crippen LogP contribution in [0.2, 0.25) is 0 Å². The molecule has 0 saturated heterocycles. The highest BCUT2D eigenvalue weighted by Gasteiger charge is 2.39. The van der Waals surface area contributed by atoms with Crippen LogP contribution in [0.5, 0.6) is 0 Å². The van der Waals surface area contributed by atoms with E-state index in [0.29, 0.717) is 0 Å². The number of benzene rings is 1. The number of rotatable bonds is 4. The Bertz CT molecular complexity index is 553. The zero-order valence-electron chi connectivity index (χ0n) is 11.3. The summed E-state index contributed by atoms with van der Waals surface area (Å²) < 4.78 is 6.10. The SMILES string of the molecule is CCOC(=O)C(C)(O)C(C)c1cc2ccccc2s1. The Morgan fingerprint density at radius 1 is 1.47 bits per heavy atom. The van der Waals surface area contributed by atoms with Crippen molar-refractivity contribution in [1.82, 2.24) is 0 Å². The van der Waals surface area contributed by atoms with Gasteiger partial charge >= 0.3 is 5.97 Å². The molecule has 0 aliphatic carbocycles. The molecule has 0 saturated carbocycles. The molecule has 0 aliphatic rings. The van der Waals surface area contributed by atoms with Crippen molar-refractivity contribution in [3.05, 3.63) is 35.2 Å². The van der Waals surface area contributed by atoms with Crippen molar-refractivity contribution in [2.45, 2.75) is 32.3 Å². The Hall–Kier alpha value is -1.39. The number of hydrogen-bond donors (Lipinski definition) is 1. The molecule has 1 N–H and O–H groups in total. The average Bonchev–Trinajstić information content (AvgIpc) is 2.81. The van der Waals surface area contributed by atoms with Crippen molar-refractivity contribution in [3.63, 3.8) is 0 Å². The molecule has 1 aromatic heterocycles. The second-order valence-electron chi connectivity index (χ2n) is 4.78. The number of esters is 1. The van der Waals surface area contributed by atoms with Gasteiger partial charge in [-0.1, -0.05) is 25.1 Å². The van der Waals surface area contributed by atoms with E-state index < -0.39 is 11.6 Å². The Kier molecular flexibility index (Phi) is 3.92. The molecular weight excluding hydrogens is 260 g/mol. The van der Waals surface area contributed by atoms with E-state index in [-0.39, 0.29) is 12.5 Å². The molecular formula is C15H18O3S. The summed E-state index contributed by atoms with van der Waals surface area (Å²) in [5.74, 6) is -0.871. The molecule has 4 heteroatoms. The number of ether oxygens (including phenoxy) is 1. The van der Waals surface area contributed by atoms with Crippen LogP contribution >= 0.6 is 11.3 Å². The van der Waals surface area contributed by atoms with E-state index in [0.717, 1.165) is 15.0 Å². The molecule has 0 bridgehead atoms. The fourth-order valence-electron chi connectivity index (χ4n) is 1.95. The minimum atomic E-state index is -1.50. The van der Waals surface area contributed by atoms with Crippen molar-refractivity contribution in [3.8, 4) is 0 Å². The molecule has 2 unspecified atom stereocenters. The maximum absolute atomic E-state index is 11.8. The maximum atomic E-state index is 11.8. The highest BCUT2D eigenvalue weighted by molar-refractivity contribution is 7.19. The van der Waals surface area contributed by atoms with Crippen LogP contribution < -0.4 is 0 Å². The van der Waals surface area contributed by atoms with Crippen LogP contribution in [0.1, 0.15) is 31.6 Å². The molecule has 3 nitrogen and oxygen atoms in total. The van der Waals surface area contributed by atoms with Crippen LogP contribution in [0.15, 0.2) is 30.3 Å². The number of carbonyl (C=O) groups excluding carboxylic acids is 1. The third-order valence-electron chi connectivity index (χ3n) is 3.40. The highest BCUT2D eigenvalue weighted by atomic mass is 32.1. The van der Waals surface area contributed by atoms with Crippen LogP contribution in [-0.4, -0.2) is 23.3 Å². The first kappa shape index (κ1) is 14.0. The molecule has 0 spiro atoms. The van der Waals surface area contributed by atoms with Crippen molar-refractivity contribution < 1.29 is 14.6 Å². The summed E-state index contributed by atoms with van der Waals surface area (Å²) in [5.41, 5.74) is -1.50. The van der Waals surface area contributed by atoms with Gasteiger partial charge in [-0.3, -0.25) is 0 Å². The van der Waals surface area contributed by atoms with Crippen molar-refractivity contribution in [2.24, 2.45) is 0 Å². The Balaban J connectivity index is 2.32. The topological polar surface area (TPSA) is 46.5 Å². The molecule has 1 aromatic carbocycles. The van der Waals surface area contributed by atoms with Crippen molar-refractivity contribution in [1.29, 1.82) is 0 Å². The summed E-state index contributed by atoms with van der Waals surface area (Å²) in [6.07, 6.45) is 0. The van der Waals surface area contributed by atoms with Gasteiger partial charge in [0.15, 0.2) is 5.60 Å². The third-order valence-corrected chi connectivity index (χ3v) is 4.70. The van der Waals surface area contributed by atoms with E-state index in [2.05, 4.69) is 0 Å². The summed E-state index contributed by atoms with van der Waals surface area (Å²) in [4.78, 5) is 12.8. The fourth-order valence-corrected chi connectivity index (χ4v) is 3.18. The maximum Gasteiger partial charge on any atom is 0.338 e. The molecule has 19 heavy (non-hydrogen) atoms. The number of aliphatic hydroxyl groups is 1. The number of thiophene rings is 1. The molecule has 0 radical (unpaired) electrons. The van der Waals surface area contributed by atoms with Crippen molar-refractivity contribution in [2.75, 3.05) is 6.61 Å². The van der Waals surface area contributed by atoms with Crippen molar-refractivity contribution >= 4 is 27.4 Å². The molecule has 1 heterocycles. The van der Waals surface area contributed by atoms with Crippen LogP contribution in [0.25, 0.3) is 10.1 Å². The van der Waals surface area contributed by atoms with Gasteiger partial charge in [0.05, 0.1) is 6.61 Å². The molecule has 2 atom stereocenters. The normalized spacial score (nSPS) is 16.0. The molecule has 0 aliphatic heterocycles. The van der Waals surface area contributed by atoms with Gasteiger partial charge in [0.25, 0.3) is 0 Å². The van der Waals surface area contributed by atoms with E-state index >= 15 is 0 Å². The predicted octanol–water partition coefficient (Wildman–Crippen LogP) is 3.32. The Labute approximate surface area is 116 Å². The van der Waals surface area contributed by atoms with Gasteiger partial charge in [0.1, 0.15) is 0 Å². The summed E-state index contributed by atoms with van der Waals surface area (Å²) in [7, 11) is 0. The first-order valence-electron chi connectivity index (χ1n) is 6.35. The lowest BCUT2D eigenvalue weighted by Gasteiger charge is -2.27. The van der Waals surface area contributed by atoms with Gasteiger partial charge in [0, 0.05) is 15.5 Å². The van der Waals surface area contributed by atoms with E-state index in [1.807, 2.05) is 37.3 Å². The molecule has 2 aromatic rings. The zero-order chi connectivity index (χ0) is 14.0. The first-order chi connectivity index (χ1) is 8.96. The average molecular weight is 278 g/mol. The summed E-state index contributed by atoms with van der Waals surface area (Å²) in [6, 6.07) is 10.1. The van der Waals surface area contributed by atoms with Crippen LogP contribution in [0, 0.1) is 0 Å². The van der Waals surface area contributed by atoms with E-state index in [1.54, 1.807) is 18.3 Å². The minimum Gasteiger partial charge on any atom is -0.464 e. The molecule has 0 amide bonds. The van der Waals surface area contributed by atoms with E-state index in [4.69, 9.17) is 4.74 Å². The summed E-state index contributed by atoms with van der Waals surface area (Å²) >= 11 is 1.60. The van der Waals surface area contributed by atoms with Gasteiger partial charge in [-0.2, -0.15) is 0 Å². The lowest BCUT2D eigenvalue weighted by molar-refractivity contribution is -0.165. The summed E-state index contributed by atoms with van der Waals surface area (Å²) in [6.45, 7) is 5.37. The second kappa shape index (κ2) is 5.31. The standard InChI is InChI=1S/C15H18O3S/c1-4-18-14(16)15(3,17)10(2)13-9-11-7-5-6-8-12(11)19-13/h5-10,17H,4H2,1-3H3. The van der Waals surface area contributed by atoms with Gasteiger partial charge in [-0.25, -0.2) is 4.79 Å². The molecule has 0 fully saturated rings. The number of carbonyl (C=O) groups is 1. The first-order valence-corrected chi connectivity index (χ1v) is 7.16. The van der Waals surface area contributed by atoms with E-state index in [1.165, 1.54) is 6.92 Å². The largest absolute Gasteiger partial charge is 0.464 e. The lowest BCUT2D eigenvalue weighted by atomic mass is 9.89. The second-order valence-corrected chi connectivity index (χ2v) is 5.89. The number of hydrogen-bond acceptors (Lipinski definition) is 4. The van der Waals surface area contributed by atoms with Crippen LogP contribution in [0.4, 0.5) is 0 Å². The monoisotopic (exact) mass is 278 g/mol. The summed E-state index contributed by atoms with van der Waals surface area (Å²) in [5, 5.41) is 11.5. The van der Waals surface area contributed by atoms with Crippen LogP contribution in [0.3, 0.4) is 0 Å². The minimum absolute atomic E-state index is 0.272. The molecule has 2 rings (SSSR count). The highest BCUT2D eigenvalue weighted by Crippen LogP contribution is 2.36. The lowest BCUT2D eigenvalue weighted by Crippen LogP contribution is -2.41. The molecule has 102 valence electrons. The van der Waals surface area contributed by atoms with Gasteiger partial charge in [-0.05, 0) is 31.4 Å².